The molecule has 0 bridgehead atoms. The number of anilines is 1. The minimum atomic E-state index is 0.103. The average molecular weight is 331 g/mol. The lowest BCUT2D eigenvalue weighted by Gasteiger charge is -2.37. The van der Waals surface area contributed by atoms with Crippen molar-refractivity contribution < 1.29 is 9.53 Å². The topological polar surface area (TPSA) is 44.8 Å². The zero-order valence-corrected chi connectivity index (χ0v) is 14.8. The Morgan fingerprint density at radius 1 is 1.21 bits per heavy atom. The number of rotatable bonds is 4. The highest BCUT2D eigenvalue weighted by atomic mass is 16.5. The molecule has 1 heterocycles. The van der Waals surface area contributed by atoms with Gasteiger partial charge in [-0.25, -0.2) is 4.79 Å². The van der Waals surface area contributed by atoms with E-state index in [0.717, 1.165) is 44.0 Å². The maximum atomic E-state index is 12.5. The molecule has 3 rings (SSSR count). The molecular weight excluding hydrogens is 302 g/mol. The summed E-state index contributed by atoms with van der Waals surface area (Å²) in [6.45, 7) is 8.11. The van der Waals surface area contributed by atoms with Gasteiger partial charge in [-0.2, -0.15) is 0 Å². The van der Waals surface area contributed by atoms with Gasteiger partial charge < -0.3 is 19.9 Å². The molecule has 0 spiro atoms. The van der Waals surface area contributed by atoms with Crippen molar-refractivity contribution >= 4 is 11.7 Å². The number of nitrogens with zero attached hydrogens (tertiary/aromatic N) is 2. The Bertz CT molecular complexity index is 555. The highest BCUT2D eigenvalue weighted by molar-refractivity contribution is 5.75. The number of amides is 2. The fraction of sp³-hybridized carbons (Fsp3) is 0.632. The number of hydrogen-bond donors (Lipinski definition) is 1. The summed E-state index contributed by atoms with van der Waals surface area (Å²) in [5.41, 5.74) is 1.13. The van der Waals surface area contributed by atoms with E-state index in [2.05, 4.69) is 23.2 Å². The van der Waals surface area contributed by atoms with Crippen molar-refractivity contribution in [2.75, 3.05) is 37.7 Å². The molecule has 132 valence electrons. The van der Waals surface area contributed by atoms with Crippen LogP contribution in [0.25, 0.3) is 0 Å². The van der Waals surface area contributed by atoms with E-state index in [-0.39, 0.29) is 6.03 Å². The molecule has 5 heteroatoms. The fourth-order valence-corrected chi connectivity index (χ4v) is 3.76. The van der Waals surface area contributed by atoms with E-state index in [4.69, 9.17) is 4.74 Å². The number of urea groups is 1. The van der Waals surface area contributed by atoms with Crippen LogP contribution in [0.4, 0.5) is 10.5 Å². The maximum absolute atomic E-state index is 12.5. The molecule has 1 saturated carbocycles. The summed E-state index contributed by atoms with van der Waals surface area (Å²) in [7, 11) is 0. The number of carbonyl (C=O) groups excluding carboxylic acids is 1. The van der Waals surface area contributed by atoms with Gasteiger partial charge in [-0.3, -0.25) is 0 Å². The lowest BCUT2D eigenvalue weighted by Crippen LogP contribution is -2.53. The van der Waals surface area contributed by atoms with E-state index in [1.807, 2.05) is 30.0 Å². The number of ether oxygens (including phenoxy) is 1. The standard InChI is InChI=1S/C19H29N3O2/c1-3-24-18-10-5-4-9-17(18)21-11-13-22(14-12-21)19(23)20-16-8-6-7-15(16)2/h4-5,9-10,15-16H,3,6-8,11-14H2,1-2H3,(H,20,23). The van der Waals surface area contributed by atoms with Gasteiger partial charge in [-0.15, -0.1) is 0 Å². The molecule has 2 unspecified atom stereocenters. The molecule has 1 aliphatic carbocycles. The van der Waals surface area contributed by atoms with E-state index >= 15 is 0 Å². The third-order valence-corrected chi connectivity index (χ3v) is 5.24. The van der Waals surface area contributed by atoms with E-state index < -0.39 is 0 Å². The predicted octanol–water partition coefficient (Wildman–Crippen LogP) is 3.11. The second-order valence-electron chi connectivity index (χ2n) is 6.84. The number of benzene rings is 1. The number of piperazine rings is 1. The number of carbonyl (C=O) groups is 1. The van der Waals surface area contributed by atoms with E-state index in [0.29, 0.717) is 18.6 Å². The van der Waals surface area contributed by atoms with Gasteiger partial charge in [0, 0.05) is 32.2 Å². The van der Waals surface area contributed by atoms with Crippen LogP contribution in [-0.2, 0) is 0 Å². The summed E-state index contributed by atoms with van der Waals surface area (Å²) in [5, 5.41) is 3.23. The molecule has 2 aliphatic rings. The van der Waals surface area contributed by atoms with Gasteiger partial charge in [0.2, 0.25) is 0 Å². The van der Waals surface area contributed by atoms with Crippen LogP contribution in [0, 0.1) is 5.92 Å². The minimum Gasteiger partial charge on any atom is -0.492 e. The first-order valence-corrected chi connectivity index (χ1v) is 9.21. The van der Waals surface area contributed by atoms with E-state index in [1.165, 1.54) is 12.8 Å². The van der Waals surface area contributed by atoms with Crippen LogP contribution in [0.15, 0.2) is 24.3 Å². The Kier molecular flexibility index (Phi) is 5.48. The normalized spacial score (nSPS) is 24.1. The first kappa shape index (κ1) is 16.9. The molecule has 2 atom stereocenters. The Labute approximate surface area is 145 Å². The Hall–Kier alpha value is -1.91. The van der Waals surface area contributed by atoms with Gasteiger partial charge in [0.1, 0.15) is 5.75 Å². The fourth-order valence-electron chi connectivity index (χ4n) is 3.76. The SMILES string of the molecule is CCOc1ccccc1N1CCN(C(=O)NC2CCCC2C)CC1. The first-order valence-electron chi connectivity index (χ1n) is 9.21. The van der Waals surface area contributed by atoms with Crippen molar-refractivity contribution in [3.63, 3.8) is 0 Å². The molecule has 1 N–H and O–H groups in total. The summed E-state index contributed by atoms with van der Waals surface area (Å²) >= 11 is 0. The first-order chi connectivity index (χ1) is 11.7. The van der Waals surface area contributed by atoms with Crippen molar-refractivity contribution in [2.45, 2.75) is 39.2 Å². The highest BCUT2D eigenvalue weighted by Crippen LogP contribution is 2.29. The highest BCUT2D eigenvalue weighted by Gasteiger charge is 2.28. The van der Waals surface area contributed by atoms with Crippen LogP contribution in [0.2, 0.25) is 0 Å². The van der Waals surface area contributed by atoms with Gasteiger partial charge in [0.25, 0.3) is 0 Å². The zero-order chi connectivity index (χ0) is 16.9. The summed E-state index contributed by atoms with van der Waals surface area (Å²) in [4.78, 5) is 16.7. The van der Waals surface area contributed by atoms with Gasteiger partial charge >= 0.3 is 6.03 Å². The van der Waals surface area contributed by atoms with Gasteiger partial charge in [0.05, 0.1) is 12.3 Å². The predicted molar refractivity (Wildman–Crippen MR) is 96.7 cm³/mol. The molecule has 0 aromatic heterocycles. The van der Waals surface area contributed by atoms with Gasteiger partial charge in [-0.1, -0.05) is 25.5 Å². The summed E-state index contributed by atoms with van der Waals surface area (Å²) in [6.07, 6.45) is 3.58. The quantitative estimate of drug-likeness (QED) is 0.922. The Morgan fingerprint density at radius 2 is 1.96 bits per heavy atom. The molecule has 1 aromatic rings. The molecular formula is C19H29N3O2. The van der Waals surface area contributed by atoms with Crippen molar-refractivity contribution in [1.82, 2.24) is 10.2 Å². The van der Waals surface area contributed by atoms with E-state index in [9.17, 15) is 4.79 Å². The average Bonchev–Trinajstić information content (AvgIpc) is 3.01. The molecule has 5 nitrogen and oxygen atoms in total. The maximum Gasteiger partial charge on any atom is 0.317 e. The van der Waals surface area contributed by atoms with E-state index in [1.54, 1.807) is 0 Å². The van der Waals surface area contributed by atoms with Crippen LogP contribution in [-0.4, -0.2) is 49.8 Å². The van der Waals surface area contributed by atoms with Gasteiger partial charge in [-0.05, 0) is 37.8 Å². The largest absolute Gasteiger partial charge is 0.492 e. The smallest absolute Gasteiger partial charge is 0.317 e. The Morgan fingerprint density at radius 3 is 2.62 bits per heavy atom. The zero-order valence-electron chi connectivity index (χ0n) is 14.8. The molecule has 0 radical (unpaired) electrons. The van der Waals surface area contributed by atoms with Crippen LogP contribution >= 0.6 is 0 Å². The third kappa shape index (κ3) is 3.77. The van der Waals surface area contributed by atoms with Crippen molar-refractivity contribution in [1.29, 1.82) is 0 Å². The summed E-state index contributed by atoms with van der Waals surface area (Å²) in [6, 6.07) is 8.61. The van der Waals surface area contributed by atoms with Crippen LogP contribution in [0.1, 0.15) is 33.1 Å². The molecule has 1 saturated heterocycles. The number of hydrogen-bond acceptors (Lipinski definition) is 3. The third-order valence-electron chi connectivity index (χ3n) is 5.24. The van der Waals surface area contributed by atoms with Crippen molar-refractivity contribution in [3.8, 4) is 5.75 Å². The molecule has 2 fully saturated rings. The van der Waals surface area contributed by atoms with Crippen molar-refractivity contribution in [3.05, 3.63) is 24.3 Å². The molecule has 1 aliphatic heterocycles. The second kappa shape index (κ2) is 7.77. The van der Waals surface area contributed by atoms with Crippen LogP contribution < -0.4 is 15.0 Å². The lowest BCUT2D eigenvalue weighted by molar-refractivity contribution is 0.187. The van der Waals surface area contributed by atoms with Crippen molar-refractivity contribution in [2.24, 2.45) is 5.92 Å². The number of nitrogens with one attached hydrogen (secondary N) is 1. The lowest BCUT2D eigenvalue weighted by atomic mass is 10.1. The second-order valence-corrected chi connectivity index (χ2v) is 6.84. The Balaban J connectivity index is 1.55. The molecule has 24 heavy (non-hydrogen) atoms. The monoisotopic (exact) mass is 331 g/mol. The summed E-state index contributed by atoms with van der Waals surface area (Å²) in [5.74, 6) is 1.53. The van der Waals surface area contributed by atoms with Gasteiger partial charge in [0.15, 0.2) is 0 Å². The van der Waals surface area contributed by atoms with Crippen LogP contribution in [0.5, 0.6) is 5.75 Å². The summed E-state index contributed by atoms with van der Waals surface area (Å²) < 4.78 is 5.73. The molecule has 2 amide bonds. The minimum absolute atomic E-state index is 0.103. The molecule has 1 aromatic carbocycles. The van der Waals surface area contributed by atoms with Crippen LogP contribution in [0.3, 0.4) is 0 Å². The number of para-hydroxylation sites is 2.